The largest absolute Gasteiger partial charge is 0.507 e. The third kappa shape index (κ3) is 3.70. The molecular weight excluding hydrogens is 522 g/mol. The first-order chi connectivity index (χ1) is 17.3. The van der Waals surface area contributed by atoms with Crippen molar-refractivity contribution in [2.24, 2.45) is 7.05 Å². The van der Waals surface area contributed by atoms with E-state index in [0.29, 0.717) is 22.5 Å². The van der Waals surface area contributed by atoms with Crippen molar-refractivity contribution in [2.45, 2.75) is 13.0 Å². The highest BCUT2D eigenvalue weighted by molar-refractivity contribution is 9.10. The minimum Gasteiger partial charge on any atom is -0.507 e. The molecule has 1 aromatic heterocycles. The lowest BCUT2D eigenvalue weighted by Gasteiger charge is -2.24. The number of ketones is 1. The van der Waals surface area contributed by atoms with Crippen LogP contribution in [0.2, 0.25) is 0 Å². The van der Waals surface area contributed by atoms with Crippen molar-refractivity contribution in [3.05, 3.63) is 122 Å². The molecule has 0 radical (unpaired) electrons. The number of nitrogens with zero attached hydrogens (tertiary/aromatic N) is 3. The summed E-state index contributed by atoms with van der Waals surface area (Å²) in [6.07, 6.45) is 0. The summed E-state index contributed by atoms with van der Waals surface area (Å²) in [6, 6.07) is 23.8. The van der Waals surface area contributed by atoms with Crippen LogP contribution in [0, 0.1) is 6.92 Å². The van der Waals surface area contributed by atoms with E-state index in [1.165, 1.54) is 9.58 Å². The predicted molar refractivity (Wildman–Crippen MR) is 141 cm³/mol. The quantitative estimate of drug-likeness (QED) is 0.226. The summed E-state index contributed by atoms with van der Waals surface area (Å²) in [5, 5.41) is 11.2. The minimum absolute atomic E-state index is 0.0672. The average Bonchev–Trinajstić information content (AvgIpc) is 3.28. The van der Waals surface area contributed by atoms with Gasteiger partial charge in [-0.05, 0) is 36.8 Å². The number of aliphatic hydroxyl groups excluding tert-OH is 1. The van der Waals surface area contributed by atoms with E-state index in [1.807, 2.05) is 18.2 Å². The van der Waals surface area contributed by atoms with Gasteiger partial charge in [0.15, 0.2) is 0 Å². The van der Waals surface area contributed by atoms with E-state index in [0.717, 1.165) is 4.47 Å². The first kappa shape index (κ1) is 23.6. The van der Waals surface area contributed by atoms with Crippen LogP contribution < -0.4 is 10.5 Å². The van der Waals surface area contributed by atoms with Gasteiger partial charge in [0.2, 0.25) is 0 Å². The van der Waals surface area contributed by atoms with E-state index < -0.39 is 23.3 Å². The van der Waals surface area contributed by atoms with Gasteiger partial charge >= 0.3 is 0 Å². The van der Waals surface area contributed by atoms with Crippen LogP contribution in [0.4, 0.5) is 5.69 Å². The Kier molecular flexibility index (Phi) is 5.97. The Hall–Kier alpha value is -4.17. The maximum absolute atomic E-state index is 13.8. The molecule has 7 nitrogen and oxygen atoms in total. The topological polar surface area (TPSA) is 84.5 Å². The molecule has 1 fully saturated rings. The second-order valence-electron chi connectivity index (χ2n) is 8.50. The summed E-state index contributed by atoms with van der Waals surface area (Å²) in [4.78, 5) is 41.9. The Balaban J connectivity index is 1.78. The Labute approximate surface area is 215 Å². The predicted octanol–water partition coefficient (Wildman–Crippen LogP) is 4.87. The average molecular weight is 544 g/mol. The number of anilines is 1. The third-order valence-electron chi connectivity index (χ3n) is 6.44. The minimum atomic E-state index is -0.990. The Morgan fingerprint density at radius 1 is 0.861 bits per heavy atom. The monoisotopic (exact) mass is 543 g/mol. The van der Waals surface area contributed by atoms with E-state index in [4.69, 9.17) is 0 Å². The summed E-state index contributed by atoms with van der Waals surface area (Å²) in [6.45, 7) is 1.73. The first-order valence-electron chi connectivity index (χ1n) is 11.3. The highest BCUT2D eigenvalue weighted by Gasteiger charge is 2.49. The molecular formula is C28H22BrN3O4. The number of hydrogen-bond donors (Lipinski definition) is 1. The highest BCUT2D eigenvalue weighted by Crippen LogP contribution is 2.42. The van der Waals surface area contributed by atoms with Crippen LogP contribution in [0.15, 0.2) is 99.8 Å². The van der Waals surface area contributed by atoms with Gasteiger partial charge in [-0.2, -0.15) is 0 Å². The number of carbonyl (C=O) groups excluding carboxylic acids is 2. The second kappa shape index (κ2) is 9.13. The number of aliphatic hydroxyl groups is 1. The van der Waals surface area contributed by atoms with Crippen LogP contribution in [0.3, 0.4) is 0 Å². The number of benzene rings is 3. The SMILES string of the molecule is Cc1c(N2C(=O)C(=O)/C(=C(/O)c3ccccc3)[C@@H]2c2ccc(Br)cc2)c(=O)n(-c2ccccc2)n1C. The van der Waals surface area contributed by atoms with Gasteiger partial charge in [0.25, 0.3) is 17.2 Å². The molecule has 1 N–H and O–H groups in total. The van der Waals surface area contributed by atoms with Gasteiger partial charge in [-0.25, -0.2) is 4.68 Å². The van der Waals surface area contributed by atoms with Crippen LogP contribution >= 0.6 is 15.9 Å². The van der Waals surface area contributed by atoms with Gasteiger partial charge in [0.1, 0.15) is 11.4 Å². The zero-order valence-corrected chi connectivity index (χ0v) is 21.1. The standard InChI is InChI=1S/C28H22BrN3O4/c1-17-23(27(35)32(30(17)2)21-11-7-4-8-12-21)31-24(18-13-15-20(29)16-14-18)22(26(34)28(31)36)25(33)19-9-5-3-6-10-19/h3-16,24,33H,1-2H3/b25-22+/t24-/m0/s1. The number of hydrogen-bond acceptors (Lipinski definition) is 4. The molecule has 1 aliphatic heterocycles. The summed E-state index contributed by atoms with van der Waals surface area (Å²) in [5.74, 6) is -2.01. The summed E-state index contributed by atoms with van der Waals surface area (Å²) in [5.41, 5.74) is 1.71. The van der Waals surface area contributed by atoms with E-state index in [9.17, 15) is 19.5 Å². The number of para-hydroxylation sites is 1. The van der Waals surface area contributed by atoms with Crippen molar-refractivity contribution in [2.75, 3.05) is 4.90 Å². The van der Waals surface area contributed by atoms with Crippen LogP contribution in [-0.2, 0) is 16.6 Å². The van der Waals surface area contributed by atoms with Crippen LogP contribution in [0.5, 0.6) is 0 Å². The zero-order chi connectivity index (χ0) is 25.6. The Morgan fingerprint density at radius 3 is 2.06 bits per heavy atom. The van der Waals surface area contributed by atoms with Gasteiger partial charge in [0, 0.05) is 17.1 Å². The van der Waals surface area contributed by atoms with Crippen molar-refractivity contribution >= 4 is 39.1 Å². The molecule has 1 aliphatic rings. The fourth-order valence-electron chi connectivity index (χ4n) is 4.61. The van der Waals surface area contributed by atoms with Crippen LogP contribution in [-0.4, -0.2) is 26.2 Å². The lowest BCUT2D eigenvalue weighted by atomic mass is 9.95. The smallest absolute Gasteiger partial charge is 0.300 e. The molecule has 0 bridgehead atoms. The number of carbonyl (C=O) groups is 2. The molecule has 2 heterocycles. The molecule has 1 saturated heterocycles. The maximum atomic E-state index is 13.8. The fourth-order valence-corrected chi connectivity index (χ4v) is 4.87. The molecule has 1 amide bonds. The number of Topliss-reactive ketones (excluding diaryl/α,β-unsaturated/α-hetero) is 1. The van der Waals surface area contributed by atoms with Crippen LogP contribution in [0.1, 0.15) is 22.9 Å². The number of amides is 1. The van der Waals surface area contributed by atoms with Crippen LogP contribution in [0.25, 0.3) is 11.4 Å². The Bertz CT molecular complexity index is 1570. The second-order valence-corrected chi connectivity index (χ2v) is 9.41. The van der Waals surface area contributed by atoms with Crippen molar-refractivity contribution in [1.29, 1.82) is 0 Å². The molecule has 0 spiro atoms. The van der Waals surface area contributed by atoms with Gasteiger partial charge in [-0.3, -0.25) is 24.0 Å². The van der Waals surface area contributed by atoms with Crippen molar-refractivity contribution < 1.29 is 14.7 Å². The van der Waals surface area contributed by atoms with E-state index >= 15 is 0 Å². The normalized spacial score (nSPS) is 17.1. The lowest BCUT2D eigenvalue weighted by molar-refractivity contribution is -0.132. The van der Waals surface area contributed by atoms with Crippen molar-refractivity contribution in [3.8, 4) is 5.69 Å². The summed E-state index contributed by atoms with van der Waals surface area (Å²) in [7, 11) is 1.72. The first-order valence-corrected chi connectivity index (χ1v) is 12.1. The number of aromatic nitrogens is 2. The van der Waals surface area contributed by atoms with Crippen molar-refractivity contribution in [1.82, 2.24) is 9.36 Å². The molecule has 0 saturated carbocycles. The maximum Gasteiger partial charge on any atom is 0.300 e. The number of rotatable bonds is 4. The molecule has 3 aromatic carbocycles. The van der Waals surface area contributed by atoms with Crippen molar-refractivity contribution in [3.63, 3.8) is 0 Å². The summed E-state index contributed by atoms with van der Waals surface area (Å²) >= 11 is 3.41. The third-order valence-corrected chi connectivity index (χ3v) is 6.97. The molecule has 4 aromatic rings. The van der Waals surface area contributed by atoms with Gasteiger partial charge < -0.3 is 5.11 Å². The molecule has 0 aliphatic carbocycles. The molecule has 5 rings (SSSR count). The summed E-state index contributed by atoms with van der Waals surface area (Å²) < 4.78 is 3.93. The molecule has 8 heteroatoms. The number of halogens is 1. The van der Waals surface area contributed by atoms with Gasteiger partial charge in [0.05, 0.1) is 23.0 Å². The van der Waals surface area contributed by atoms with Gasteiger partial charge in [-0.1, -0.05) is 76.6 Å². The molecule has 0 unspecified atom stereocenters. The molecule has 36 heavy (non-hydrogen) atoms. The van der Waals surface area contributed by atoms with E-state index in [-0.39, 0.29) is 17.0 Å². The molecule has 1 atom stereocenters. The van der Waals surface area contributed by atoms with E-state index in [2.05, 4.69) is 15.9 Å². The highest BCUT2D eigenvalue weighted by atomic mass is 79.9. The lowest BCUT2D eigenvalue weighted by Crippen LogP contribution is -2.34. The van der Waals surface area contributed by atoms with E-state index in [1.54, 1.807) is 85.4 Å². The fraction of sp³-hybridized carbons (Fsp3) is 0.107. The Morgan fingerprint density at radius 2 is 1.44 bits per heavy atom. The zero-order valence-electron chi connectivity index (χ0n) is 19.6. The van der Waals surface area contributed by atoms with Gasteiger partial charge in [-0.15, -0.1) is 0 Å². The molecule has 180 valence electrons.